The zero-order chi connectivity index (χ0) is 11.4. The lowest BCUT2D eigenvalue weighted by atomic mass is 10.3. The van der Waals surface area contributed by atoms with Crippen LogP contribution in [0.1, 0.15) is 11.4 Å². The number of nitriles is 1. The molecule has 0 unspecified atom stereocenters. The van der Waals surface area contributed by atoms with E-state index in [-0.39, 0.29) is 0 Å². The molecule has 2 heterocycles. The van der Waals surface area contributed by atoms with Crippen LogP contribution in [0.5, 0.6) is 0 Å². The number of amidine groups is 1. The molecule has 0 spiro atoms. The van der Waals surface area contributed by atoms with Crippen molar-refractivity contribution < 1.29 is 0 Å². The molecule has 1 aliphatic rings. The lowest BCUT2D eigenvalue weighted by Gasteiger charge is -2.16. The van der Waals surface area contributed by atoms with Gasteiger partial charge in [-0.1, -0.05) is 17.8 Å². The van der Waals surface area contributed by atoms with E-state index in [9.17, 15) is 0 Å². The first-order valence-electron chi connectivity index (χ1n) is 5.06. The molecule has 16 heavy (non-hydrogen) atoms. The number of rotatable bonds is 2. The second kappa shape index (κ2) is 4.99. The van der Waals surface area contributed by atoms with Crippen LogP contribution in [0.4, 0.5) is 0 Å². The van der Waals surface area contributed by atoms with Gasteiger partial charge >= 0.3 is 0 Å². The first-order chi connectivity index (χ1) is 7.79. The second-order valence-corrected chi connectivity index (χ2v) is 4.60. The molecule has 0 aromatic carbocycles. The fourth-order valence-electron chi connectivity index (χ4n) is 1.61. The third kappa shape index (κ3) is 2.52. The molecule has 0 atom stereocenters. The Morgan fingerprint density at radius 2 is 2.50 bits per heavy atom. The Labute approximate surface area is 99.0 Å². The molecule has 5 heteroatoms. The molecule has 0 bridgehead atoms. The van der Waals surface area contributed by atoms with Crippen LogP contribution < -0.4 is 0 Å². The molecule has 4 nitrogen and oxygen atoms in total. The van der Waals surface area contributed by atoms with Gasteiger partial charge < -0.3 is 4.90 Å². The van der Waals surface area contributed by atoms with Crippen molar-refractivity contribution in [2.45, 2.75) is 13.5 Å². The average molecular weight is 232 g/mol. The Hall–Kier alpha value is -1.54. The van der Waals surface area contributed by atoms with E-state index in [0.717, 1.165) is 35.4 Å². The summed E-state index contributed by atoms with van der Waals surface area (Å²) in [5, 5.41) is 9.37. The van der Waals surface area contributed by atoms with Crippen LogP contribution in [0.3, 0.4) is 0 Å². The van der Waals surface area contributed by atoms with E-state index in [1.807, 2.05) is 31.3 Å². The summed E-state index contributed by atoms with van der Waals surface area (Å²) in [5.41, 5.74) is 2.04. The Morgan fingerprint density at radius 3 is 3.25 bits per heavy atom. The van der Waals surface area contributed by atoms with Gasteiger partial charge in [-0.15, -0.1) is 4.99 Å². The van der Waals surface area contributed by atoms with Crippen molar-refractivity contribution in [2.24, 2.45) is 4.99 Å². The number of aromatic nitrogens is 1. The Bertz CT molecular complexity index is 450. The highest BCUT2D eigenvalue weighted by molar-refractivity contribution is 8.14. The topological polar surface area (TPSA) is 52.3 Å². The molecule has 1 aliphatic heterocycles. The van der Waals surface area contributed by atoms with Crippen LogP contribution in [0, 0.1) is 18.4 Å². The van der Waals surface area contributed by atoms with Crippen LogP contribution >= 0.6 is 11.8 Å². The highest BCUT2D eigenvalue weighted by Crippen LogP contribution is 2.19. The predicted octanol–water partition coefficient (Wildman–Crippen LogP) is 1.78. The first kappa shape index (κ1) is 11.0. The van der Waals surface area contributed by atoms with Crippen molar-refractivity contribution in [2.75, 3.05) is 12.3 Å². The van der Waals surface area contributed by atoms with Gasteiger partial charge in [0, 0.05) is 18.0 Å². The Balaban J connectivity index is 2.10. The van der Waals surface area contributed by atoms with Crippen molar-refractivity contribution in [1.82, 2.24) is 9.88 Å². The van der Waals surface area contributed by atoms with Crippen molar-refractivity contribution in [3.05, 3.63) is 29.6 Å². The molecule has 0 aliphatic carbocycles. The molecule has 1 fully saturated rings. The van der Waals surface area contributed by atoms with Crippen molar-refractivity contribution in [1.29, 1.82) is 5.26 Å². The van der Waals surface area contributed by atoms with Gasteiger partial charge in [-0.05, 0) is 19.1 Å². The SMILES string of the molecule is Cc1cccc(CN2CCSC2=NC#N)n1. The Kier molecular flexibility index (Phi) is 3.42. The summed E-state index contributed by atoms with van der Waals surface area (Å²) in [7, 11) is 0. The fourth-order valence-corrected chi connectivity index (χ4v) is 2.55. The molecule has 1 aromatic rings. The summed E-state index contributed by atoms with van der Waals surface area (Å²) in [6.07, 6.45) is 1.84. The number of pyridine rings is 1. The van der Waals surface area contributed by atoms with Crippen LogP contribution in [-0.2, 0) is 6.54 Å². The van der Waals surface area contributed by atoms with Gasteiger partial charge in [0.1, 0.15) is 0 Å². The zero-order valence-electron chi connectivity index (χ0n) is 9.05. The molecular weight excluding hydrogens is 220 g/mol. The quantitative estimate of drug-likeness (QED) is 0.729. The number of thioether (sulfide) groups is 1. The molecule has 0 radical (unpaired) electrons. The summed E-state index contributed by atoms with van der Waals surface area (Å²) in [4.78, 5) is 10.3. The summed E-state index contributed by atoms with van der Waals surface area (Å²) < 4.78 is 0. The van der Waals surface area contributed by atoms with Crippen LogP contribution in [-0.4, -0.2) is 27.3 Å². The van der Waals surface area contributed by atoms with E-state index in [1.165, 1.54) is 0 Å². The average Bonchev–Trinajstić information content (AvgIpc) is 2.66. The third-order valence-electron chi connectivity index (χ3n) is 2.31. The van der Waals surface area contributed by atoms with E-state index < -0.39 is 0 Å². The molecular formula is C11H12N4S. The first-order valence-corrected chi connectivity index (χ1v) is 6.05. The van der Waals surface area contributed by atoms with E-state index in [1.54, 1.807) is 11.8 Å². The molecule has 0 saturated carbocycles. The predicted molar refractivity (Wildman–Crippen MR) is 64.9 cm³/mol. The van der Waals surface area contributed by atoms with Crippen LogP contribution in [0.2, 0.25) is 0 Å². The molecule has 2 rings (SSSR count). The number of hydrogen-bond donors (Lipinski definition) is 0. The number of hydrogen-bond acceptors (Lipinski definition) is 4. The largest absolute Gasteiger partial charge is 0.344 e. The fraction of sp³-hybridized carbons (Fsp3) is 0.364. The van der Waals surface area contributed by atoms with Gasteiger partial charge in [0.2, 0.25) is 6.19 Å². The molecule has 1 aromatic heterocycles. The summed E-state index contributed by atoms with van der Waals surface area (Å²) >= 11 is 1.62. The summed E-state index contributed by atoms with van der Waals surface area (Å²) in [5.74, 6) is 0.992. The molecule has 0 amide bonds. The number of aliphatic imine (C=N–C) groups is 1. The minimum atomic E-state index is 0.731. The molecule has 0 N–H and O–H groups in total. The maximum Gasteiger partial charge on any atom is 0.208 e. The zero-order valence-corrected chi connectivity index (χ0v) is 9.87. The van der Waals surface area contributed by atoms with Gasteiger partial charge in [0.15, 0.2) is 5.17 Å². The van der Waals surface area contributed by atoms with Gasteiger partial charge in [-0.3, -0.25) is 4.98 Å². The van der Waals surface area contributed by atoms with Gasteiger partial charge in [-0.25, -0.2) is 0 Å². The van der Waals surface area contributed by atoms with Crippen molar-refractivity contribution >= 4 is 16.9 Å². The normalized spacial score (nSPS) is 17.8. The highest BCUT2D eigenvalue weighted by Gasteiger charge is 2.19. The van der Waals surface area contributed by atoms with E-state index in [0.29, 0.717) is 0 Å². The van der Waals surface area contributed by atoms with Crippen LogP contribution in [0.15, 0.2) is 23.2 Å². The highest BCUT2D eigenvalue weighted by atomic mass is 32.2. The maximum absolute atomic E-state index is 8.56. The van der Waals surface area contributed by atoms with Crippen molar-refractivity contribution in [3.63, 3.8) is 0 Å². The molecule has 1 saturated heterocycles. The monoisotopic (exact) mass is 232 g/mol. The van der Waals surface area contributed by atoms with Gasteiger partial charge in [0.25, 0.3) is 0 Å². The number of nitrogens with zero attached hydrogens (tertiary/aromatic N) is 4. The summed E-state index contributed by atoms with van der Waals surface area (Å²) in [6.45, 7) is 3.64. The standard InChI is InChI=1S/C11H12N4S/c1-9-3-2-4-10(14-9)7-15-5-6-16-11(15)13-8-12/h2-4H,5-7H2,1H3. The summed E-state index contributed by atoms with van der Waals surface area (Å²) in [6, 6.07) is 5.98. The second-order valence-electron chi connectivity index (χ2n) is 3.53. The smallest absolute Gasteiger partial charge is 0.208 e. The minimum Gasteiger partial charge on any atom is -0.344 e. The van der Waals surface area contributed by atoms with E-state index in [2.05, 4.69) is 14.9 Å². The van der Waals surface area contributed by atoms with Crippen molar-refractivity contribution in [3.8, 4) is 6.19 Å². The number of aryl methyl sites for hydroxylation is 1. The van der Waals surface area contributed by atoms with Gasteiger partial charge in [-0.2, -0.15) is 5.26 Å². The minimum absolute atomic E-state index is 0.731. The maximum atomic E-state index is 8.56. The third-order valence-corrected chi connectivity index (χ3v) is 3.30. The van der Waals surface area contributed by atoms with Gasteiger partial charge in [0.05, 0.1) is 12.2 Å². The van der Waals surface area contributed by atoms with E-state index >= 15 is 0 Å². The Morgan fingerprint density at radius 1 is 1.62 bits per heavy atom. The lowest BCUT2D eigenvalue weighted by Crippen LogP contribution is -2.24. The molecule has 82 valence electrons. The van der Waals surface area contributed by atoms with E-state index in [4.69, 9.17) is 5.26 Å². The van der Waals surface area contributed by atoms with Crippen LogP contribution in [0.25, 0.3) is 0 Å². The lowest BCUT2D eigenvalue weighted by molar-refractivity contribution is 0.450.